The molecule has 26 heavy (non-hydrogen) atoms. The molecular weight excluding hydrogens is 312 g/mol. The monoisotopic (exact) mass is 346 g/mol. The predicted molar refractivity (Wildman–Crippen MR) is 118 cm³/mol. The summed E-state index contributed by atoms with van der Waals surface area (Å²) in [4.78, 5) is 0. The zero-order chi connectivity index (χ0) is 18.3. The minimum atomic E-state index is -0.163. The minimum Gasteiger partial charge on any atom is -0.0776 e. The van der Waals surface area contributed by atoms with E-state index in [1.807, 2.05) is 13.8 Å². The van der Waals surface area contributed by atoms with E-state index in [9.17, 15) is 0 Å². The summed E-state index contributed by atoms with van der Waals surface area (Å²) < 4.78 is 0. The highest BCUT2D eigenvalue weighted by atomic mass is 14.3. The quantitative estimate of drug-likeness (QED) is 0.533. The van der Waals surface area contributed by atoms with Gasteiger partial charge in [0.15, 0.2) is 0 Å². The molecule has 3 rings (SSSR count). The third-order valence-corrected chi connectivity index (χ3v) is 4.77. The van der Waals surface area contributed by atoms with E-state index in [0.29, 0.717) is 0 Å². The number of benzene rings is 2. The van der Waals surface area contributed by atoms with Crippen LogP contribution in [0.25, 0.3) is 0 Å². The van der Waals surface area contributed by atoms with E-state index in [-0.39, 0.29) is 18.3 Å². The van der Waals surface area contributed by atoms with Crippen LogP contribution < -0.4 is 0 Å². The van der Waals surface area contributed by atoms with Gasteiger partial charge >= 0.3 is 0 Å². The lowest BCUT2D eigenvalue weighted by Gasteiger charge is -2.33. The molecule has 2 aromatic rings. The van der Waals surface area contributed by atoms with Crippen LogP contribution in [0.4, 0.5) is 0 Å². The Labute approximate surface area is 161 Å². The molecule has 0 aromatic heterocycles. The zero-order valence-electron chi connectivity index (χ0n) is 16.2. The van der Waals surface area contributed by atoms with Gasteiger partial charge in [-0.15, -0.1) is 0 Å². The fourth-order valence-corrected chi connectivity index (χ4v) is 3.19. The summed E-state index contributed by atoms with van der Waals surface area (Å²) in [5.74, 6) is 0. The van der Waals surface area contributed by atoms with Gasteiger partial charge < -0.3 is 0 Å². The van der Waals surface area contributed by atoms with Gasteiger partial charge in [-0.1, -0.05) is 126 Å². The van der Waals surface area contributed by atoms with Crippen LogP contribution in [0, 0.1) is 5.41 Å². The number of hydrogen-bond donors (Lipinski definition) is 0. The number of hydrogen-bond acceptors (Lipinski definition) is 0. The number of allylic oxidation sites excluding steroid dienone is 6. The first-order valence-corrected chi connectivity index (χ1v) is 9.23. The Balaban J connectivity index is 0.00000109. The minimum absolute atomic E-state index is 0. The second-order valence-corrected chi connectivity index (χ2v) is 6.99. The molecule has 1 aliphatic carbocycles. The lowest BCUT2D eigenvalue weighted by molar-refractivity contribution is 0.624. The van der Waals surface area contributed by atoms with Gasteiger partial charge in [0.25, 0.3) is 0 Å². The SMILES string of the molecule is C.CC.CC1(C)C=CC=C(C(C)(c2ccccc2)c2ccccc2)C=C1. The highest BCUT2D eigenvalue weighted by Gasteiger charge is 2.32. The van der Waals surface area contributed by atoms with E-state index in [1.54, 1.807) is 0 Å². The fraction of sp³-hybridized carbons (Fsp3) is 0.308. The Hall–Kier alpha value is -2.34. The predicted octanol–water partition coefficient (Wildman–Crippen LogP) is 7.73. The lowest BCUT2D eigenvalue weighted by Crippen LogP contribution is -2.25. The lowest BCUT2D eigenvalue weighted by atomic mass is 9.70. The first-order chi connectivity index (χ1) is 12.0. The molecule has 0 saturated carbocycles. The third kappa shape index (κ3) is 4.64. The van der Waals surface area contributed by atoms with Gasteiger partial charge in [-0.05, 0) is 23.6 Å². The van der Waals surface area contributed by atoms with Crippen molar-refractivity contribution in [3.63, 3.8) is 0 Å². The second kappa shape index (κ2) is 9.38. The van der Waals surface area contributed by atoms with Crippen molar-refractivity contribution in [2.24, 2.45) is 5.41 Å². The van der Waals surface area contributed by atoms with E-state index in [4.69, 9.17) is 0 Å². The fourth-order valence-electron chi connectivity index (χ4n) is 3.19. The maximum atomic E-state index is 2.32. The van der Waals surface area contributed by atoms with Crippen LogP contribution in [-0.4, -0.2) is 0 Å². The van der Waals surface area contributed by atoms with E-state index >= 15 is 0 Å². The Morgan fingerprint density at radius 3 is 1.65 bits per heavy atom. The van der Waals surface area contributed by atoms with E-state index < -0.39 is 0 Å². The standard InChI is InChI=1S/C23H24.C2H6.CH4/c1-22(2)17-10-15-21(16-18-22)23(3,19-11-6-4-7-12-19)20-13-8-5-9-14-20;1-2;/h4-18H,1-3H3;1-2H3;1H4. The van der Waals surface area contributed by atoms with Crippen LogP contribution in [0.1, 0.15) is 53.2 Å². The number of rotatable bonds is 3. The molecule has 0 heterocycles. The van der Waals surface area contributed by atoms with Gasteiger partial charge in [0.2, 0.25) is 0 Å². The molecule has 1 aliphatic rings. The summed E-state index contributed by atoms with van der Waals surface area (Å²) in [7, 11) is 0. The van der Waals surface area contributed by atoms with Gasteiger partial charge in [0, 0.05) is 10.8 Å². The van der Waals surface area contributed by atoms with Crippen LogP contribution in [0.15, 0.2) is 96.6 Å². The topological polar surface area (TPSA) is 0 Å². The molecule has 0 spiro atoms. The molecule has 0 amide bonds. The largest absolute Gasteiger partial charge is 0.0776 e. The van der Waals surface area contributed by atoms with Crippen molar-refractivity contribution in [1.82, 2.24) is 0 Å². The molecule has 0 nitrogen and oxygen atoms in total. The maximum absolute atomic E-state index is 2.32. The molecular formula is C26H34. The Kier molecular flexibility index (Phi) is 7.83. The Morgan fingerprint density at radius 1 is 0.731 bits per heavy atom. The summed E-state index contributed by atoms with van der Waals surface area (Å²) in [6, 6.07) is 21.5. The second-order valence-electron chi connectivity index (χ2n) is 6.99. The van der Waals surface area contributed by atoms with Crippen molar-refractivity contribution in [3.05, 3.63) is 108 Å². The van der Waals surface area contributed by atoms with Gasteiger partial charge in [-0.2, -0.15) is 0 Å². The van der Waals surface area contributed by atoms with Gasteiger partial charge in [0.1, 0.15) is 0 Å². The highest BCUT2D eigenvalue weighted by Crippen LogP contribution is 2.41. The normalized spacial score (nSPS) is 15.0. The zero-order valence-corrected chi connectivity index (χ0v) is 16.2. The van der Waals surface area contributed by atoms with E-state index in [2.05, 4.69) is 112 Å². The molecule has 138 valence electrons. The van der Waals surface area contributed by atoms with Crippen molar-refractivity contribution < 1.29 is 0 Å². The molecule has 0 fully saturated rings. The van der Waals surface area contributed by atoms with Gasteiger partial charge in [0.05, 0.1) is 0 Å². The third-order valence-electron chi connectivity index (χ3n) is 4.77. The molecule has 0 radical (unpaired) electrons. The molecule has 2 aromatic carbocycles. The van der Waals surface area contributed by atoms with Crippen molar-refractivity contribution in [1.29, 1.82) is 0 Å². The van der Waals surface area contributed by atoms with Crippen LogP contribution in [0.2, 0.25) is 0 Å². The summed E-state index contributed by atoms with van der Waals surface area (Å²) in [5.41, 5.74) is 3.87. The summed E-state index contributed by atoms with van der Waals surface area (Å²) >= 11 is 0. The molecule has 0 bridgehead atoms. The van der Waals surface area contributed by atoms with Gasteiger partial charge in [-0.3, -0.25) is 0 Å². The molecule has 0 aliphatic heterocycles. The summed E-state index contributed by atoms with van der Waals surface area (Å²) in [6.07, 6.45) is 11.3. The first-order valence-electron chi connectivity index (χ1n) is 9.23. The molecule has 0 heteroatoms. The van der Waals surface area contributed by atoms with Crippen molar-refractivity contribution >= 4 is 0 Å². The average Bonchev–Trinajstić information content (AvgIpc) is 2.85. The molecule has 0 N–H and O–H groups in total. The molecule has 0 atom stereocenters. The maximum Gasteiger partial charge on any atom is 0.0423 e. The van der Waals surface area contributed by atoms with Crippen molar-refractivity contribution in [2.75, 3.05) is 0 Å². The van der Waals surface area contributed by atoms with Crippen LogP contribution in [-0.2, 0) is 5.41 Å². The summed E-state index contributed by atoms with van der Waals surface area (Å²) in [6.45, 7) is 10.8. The van der Waals surface area contributed by atoms with Gasteiger partial charge in [-0.25, -0.2) is 0 Å². The Bertz CT molecular complexity index is 704. The van der Waals surface area contributed by atoms with Crippen LogP contribution >= 0.6 is 0 Å². The molecule has 0 unspecified atom stereocenters. The summed E-state index contributed by atoms with van der Waals surface area (Å²) in [5, 5.41) is 0. The molecule has 0 saturated heterocycles. The van der Waals surface area contributed by atoms with E-state index in [1.165, 1.54) is 16.7 Å². The van der Waals surface area contributed by atoms with Crippen molar-refractivity contribution in [3.8, 4) is 0 Å². The van der Waals surface area contributed by atoms with Crippen molar-refractivity contribution in [2.45, 2.75) is 47.5 Å². The van der Waals surface area contributed by atoms with Crippen LogP contribution in [0.3, 0.4) is 0 Å². The first kappa shape index (κ1) is 21.7. The van der Waals surface area contributed by atoms with Crippen LogP contribution in [0.5, 0.6) is 0 Å². The Morgan fingerprint density at radius 2 is 1.19 bits per heavy atom. The average molecular weight is 347 g/mol. The van der Waals surface area contributed by atoms with E-state index in [0.717, 1.165) is 0 Å². The highest BCUT2D eigenvalue weighted by molar-refractivity contribution is 5.53. The smallest absolute Gasteiger partial charge is 0.0423 e.